The smallest absolute Gasteiger partial charge is 0.433 e. The van der Waals surface area contributed by atoms with Crippen LogP contribution in [0.3, 0.4) is 0 Å². The molecule has 0 saturated heterocycles. The number of nitrogen functional groups attached to an aromatic ring is 2. The van der Waals surface area contributed by atoms with Crippen molar-refractivity contribution in [2.45, 2.75) is 6.18 Å². The maximum atomic E-state index is 12.8. The lowest BCUT2D eigenvalue weighted by molar-refractivity contribution is -0.141. The van der Waals surface area contributed by atoms with Gasteiger partial charge >= 0.3 is 6.18 Å². The number of rotatable bonds is 4. The van der Waals surface area contributed by atoms with Crippen LogP contribution >= 0.6 is 0 Å². The second-order valence-electron chi connectivity index (χ2n) is 6.33. The van der Waals surface area contributed by atoms with E-state index >= 15 is 0 Å². The largest absolute Gasteiger partial charge is 0.457 e. The number of halogens is 3. The molecular weight excluding hydrogens is 411 g/mol. The van der Waals surface area contributed by atoms with Crippen LogP contribution in [-0.2, 0) is 6.18 Å². The minimum atomic E-state index is -4.55. The van der Waals surface area contributed by atoms with Crippen molar-refractivity contribution in [3.05, 3.63) is 66.7 Å². The van der Waals surface area contributed by atoms with Gasteiger partial charge in [0, 0.05) is 41.9 Å². The number of alkyl halides is 3. The number of anilines is 2. The fourth-order valence-corrected chi connectivity index (χ4v) is 2.68. The average molecular weight is 425 g/mol. The lowest BCUT2D eigenvalue weighted by atomic mass is 10.2. The van der Waals surface area contributed by atoms with Crippen LogP contribution in [0, 0.1) is 0 Å². The molecule has 3 aromatic heterocycles. The molecule has 0 fully saturated rings. The van der Waals surface area contributed by atoms with Gasteiger partial charge in [0.05, 0.1) is 5.69 Å². The Morgan fingerprint density at radius 2 is 1.48 bits per heavy atom. The molecule has 4 aromatic rings. The van der Waals surface area contributed by atoms with Gasteiger partial charge in [0.25, 0.3) is 0 Å². The summed E-state index contributed by atoms with van der Waals surface area (Å²) < 4.78 is 43.8. The highest BCUT2D eigenvalue weighted by atomic mass is 19.4. The minimum Gasteiger partial charge on any atom is -0.457 e. The third kappa shape index (κ3) is 4.66. The molecule has 4 N–H and O–H groups in total. The van der Waals surface area contributed by atoms with E-state index in [1.165, 1.54) is 6.07 Å². The van der Waals surface area contributed by atoms with E-state index in [1.807, 2.05) is 0 Å². The van der Waals surface area contributed by atoms with Crippen LogP contribution < -0.4 is 16.2 Å². The van der Waals surface area contributed by atoms with Gasteiger partial charge < -0.3 is 16.2 Å². The zero-order chi connectivity index (χ0) is 22.0. The summed E-state index contributed by atoms with van der Waals surface area (Å²) in [5.41, 5.74) is 12.0. The van der Waals surface area contributed by atoms with Crippen molar-refractivity contribution < 1.29 is 17.9 Å². The number of benzene rings is 1. The number of aromatic nitrogens is 5. The third-order valence-corrected chi connectivity index (χ3v) is 4.08. The highest BCUT2D eigenvalue weighted by Gasteiger charge is 2.32. The first-order chi connectivity index (χ1) is 14.8. The lowest BCUT2D eigenvalue weighted by Crippen LogP contribution is -2.07. The summed E-state index contributed by atoms with van der Waals surface area (Å²) in [6, 6.07) is 10.3. The van der Waals surface area contributed by atoms with Crippen molar-refractivity contribution in [2.24, 2.45) is 0 Å². The molecule has 0 aliphatic heterocycles. The first-order valence-corrected chi connectivity index (χ1v) is 8.82. The molecule has 156 valence electrons. The van der Waals surface area contributed by atoms with E-state index in [-0.39, 0.29) is 17.5 Å². The molecule has 0 aliphatic rings. The Balaban J connectivity index is 1.51. The van der Waals surface area contributed by atoms with Gasteiger partial charge in [0.15, 0.2) is 5.82 Å². The number of nitrogens with zero attached hydrogens (tertiary/aromatic N) is 5. The summed E-state index contributed by atoms with van der Waals surface area (Å²) in [7, 11) is 0. The molecule has 11 heteroatoms. The standard InChI is InChI=1S/C20H14F3N7O/c21-20(22,23)16-7-14(5-6-26-16)31-13-3-1-11(2-4-13)18-27-9-12(10-28-18)15-8-17(24)30-19(25)29-15/h1-10H,(H4,24,25,29,30). The molecule has 31 heavy (non-hydrogen) atoms. The topological polar surface area (TPSA) is 126 Å². The lowest BCUT2D eigenvalue weighted by Gasteiger charge is -2.09. The fourth-order valence-electron chi connectivity index (χ4n) is 2.68. The second-order valence-corrected chi connectivity index (χ2v) is 6.33. The van der Waals surface area contributed by atoms with Gasteiger partial charge in [0.1, 0.15) is 23.0 Å². The predicted molar refractivity (Wildman–Crippen MR) is 107 cm³/mol. The number of hydrogen-bond donors (Lipinski definition) is 2. The predicted octanol–water partition coefficient (Wildman–Crippen LogP) is 3.97. The summed E-state index contributed by atoms with van der Waals surface area (Å²) in [5.74, 6) is 1.10. The van der Waals surface area contributed by atoms with Gasteiger partial charge in [-0.2, -0.15) is 18.2 Å². The molecule has 8 nitrogen and oxygen atoms in total. The molecule has 0 bridgehead atoms. The molecule has 0 radical (unpaired) electrons. The van der Waals surface area contributed by atoms with Gasteiger partial charge in [-0.25, -0.2) is 15.0 Å². The molecule has 1 aromatic carbocycles. The van der Waals surface area contributed by atoms with E-state index in [0.717, 1.165) is 12.3 Å². The Kier molecular flexibility index (Phi) is 5.07. The van der Waals surface area contributed by atoms with Crippen LogP contribution in [0.25, 0.3) is 22.6 Å². The summed E-state index contributed by atoms with van der Waals surface area (Å²) >= 11 is 0. The van der Waals surface area contributed by atoms with Gasteiger partial charge in [-0.05, 0) is 30.3 Å². The van der Waals surface area contributed by atoms with E-state index in [4.69, 9.17) is 16.2 Å². The molecule has 4 rings (SSSR count). The second kappa shape index (κ2) is 7.86. The van der Waals surface area contributed by atoms with E-state index < -0.39 is 11.9 Å². The van der Waals surface area contributed by atoms with Crippen molar-refractivity contribution >= 4 is 11.8 Å². The summed E-state index contributed by atoms with van der Waals surface area (Å²) in [6.07, 6.45) is -0.357. The molecule has 0 atom stereocenters. The first-order valence-electron chi connectivity index (χ1n) is 8.82. The van der Waals surface area contributed by atoms with Gasteiger partial charge in [-0.15, -0.1) is 0 Å². The van der Waals surface area contributed by atoms with Crippen molar-refractivity contribution in [2.75, 3.05) is 11.5 Å². The monoisotopic (exact) mass is 425 g/mol. The number of ether oxygens (including phenoxy) is 1. The van der Waals surface area contributed by atoms with Crippen molar-refractivity contribution in [3.8, 4) is 34.1 Å². The zero-order valence-electron chi connectivity index (χ0n) is 15.7. The fraction of sp³-hybridized carbons (Fsp3) is 0.0500. The molecule has 0 unspecified atom stereocenters. The third-order valence-electron chi connectivity index (χ3n) is 4.08. The van der Waals surface area contributed by atoms with E-state index in [2.05, 4.69) is 24.9 Å². The number of pyridine rings is 1. The van der Waals surface area contributed by atoms with Gasteiger partial charge in [-0.3, -0.25) is 4.98 Å². The highest BCUT2D eigenvalue weighted by molar-refractivity contribution is 5.64. The Morgan fingerprint density at radius 3 is 2.13 bits per heavy atom. The maximum absolute atomic E-state index is 12.8. The molecular formula is C20H14F3N7O. The SMILES string of the molecule is Nc1cc(-c2cnc(-c3ccc(Oc4ccnc(C(F)(F)F)c4)cc3)nc2)nc(N)n1. The van der Waals surface area contributed by atoms with E-state index in [9.17, 15) is 13.2 Å². The first kappa shape index (κ1) is 20.0. The van der Waals surface area contributed by atoms with Crippen molar-refractivity contribution in [1.82, 2.24) is 24.9 Å². The minimum absolute atomic E-state index is 0.0269. The average Bonchev–Trinajstić information content (AvgIpc) is 2.73. The quantitative estimate of drug-likeness (QED) is 0.503. The van der Waals surface area contributed by atoms with Gasteiger partial charge in [0.2, 0.25) is 5.95 Å². The van der Waals surface area contributed by atoms with Crippen LogP contribution in [0.15, 0.2) is 61.1 Å². The molecule has 0 amide bonds. The van der Waals surface area contributed by atoms with Crippen LogP contribution in [0.5, 0.6) is 11.5 Å². The number of nitrogens with two attached hydrogens (primary N) is 2. The highest BCUT2D eigenvalue weighted by Crippen LogP contribution is 2.31. The van der Waals surface area contributed by atoms with Gasteiger partial charge in [-0.1, -0.05) is 0 Å². The van der Waals surface area contributed by atoms with E-state index in [1.54, 1.807) is 42.7 Å². The maximum Gasteiger partial charge on any atom is 0.433 e. The summed E-state index contributed by atoms with van der Waals surface area (Å²) in [4.78, 5) is 19.8. The Labute approximate surface area is 173 Å². The Bertz CT molecular complexity index is 1190. The number of hydrogen-bond acceptors (Lipinski definition) is 8. The molecule has 0 spiro atoms. The van der Waals surface area contributed by atoms with Crippen LogP contribution in [-0.4, -0.2) is 24.9 Å². The van der Waals surface area contributed by atoms with Crippen LogP contribution in [0.4, 0.5) is 24.9 Å². The summed E-state index contributed by atoms with van der Waals surface area (Å²) in [5, 5.41) is 0. The molecule has 3 heterocycles. The Hall–Kier alpha value is -4.28. The summed E-state index contributed by atoms with van der Waals surface area (Å²) in [6.45, 7) is 0. The molecule has 0 aliphatic carbocycles. The van der Waals surface area contributed by atoms with Crippen molar-refractivity contribution in [3.63, 3.8) is 0 Å². The van der Waals surface area contributed by atoms with Crippen molar-refractivity contribution in [1.29, 1.82) is 0 Å². The normalized spacial score (nSPS) is 11.3. The zero-order valence-corrected chi connectivity index (χ0v) is 15.7. The van der Waals surface area contributed by atoms with E-state index in [0.29, 0.717) is 28.4 Å². The van der Waals surface area contributed by atoms with Crippen LogP contribution in [0.1, 0.15) is 5.69 Å². The molecule has 0 saturated carbocycles. The van der Waals surface area contributed by atoms with Crippen LogP contribution in [0.2, 0.25) is 0 Å². The Morgan fingerprint density at radius 1 is 0.774 bits per heavy atom.